The van der Waals surface area contributed by atoms with Gasteiger partial charge in [-0.25, -0.2) is 4.39 Å². The van der Waals surface area contributed by atoms with Gasteiger partial charge in [0.15, 0.2) is 11.5 Å². The van der Waals surface area contributed by atoms with Crippen LogP contribution >= 0.6 is 27.7 Å². The van der Waals surface area contributed by atoms with Crippen LogP contribution in [0.3, 0.4) is 0 Å². The summed E-state index contributed by atoms with van der Waals surface area (Å²) >= 11 is 4.41. The summed E-state index contributed by atoms with van der Waals surface area (Å²) in [5, 5.41) is -0.277. The molecular weight excluding hydrogens is 473 g/mol. The van der Waals surface area contributed by atoms with Crippen molar-refractivity contribution in [3.05, 3.63) is 62.7 Å². The number of thioether (sulfide) groups is 1. The highest BCUT2D eigenvalue weighted by Gasteiger charge is 2.36. The third-order valence-electron chi connectivity index (χ3n) is 4.24. The fraction of sp³-hybridized carbons (Fsp3) is 0.273. The van der Waals surface area contributed by atoms with Crippen LogP contribution in [0.25, 0.3) is 6.08 Å². The van der Waals surface area contributed by atoms with Gasteiger partial charge in [-0.15, -0.1) is 0 Å². The molecule has 5 nitrogen and oxygen atoms in total. The molecule has 0 aromatic heterocycles. The molecule has 0 radical (unpaired) electrons. The van der Waals surface area contributed by atoms with Gasteiger partial charge in [-0.05, 0) is 89.9 Å². The van der Waals surface area contributed by atoms with Crippen LogP contribution in [0.5, 0.6) is 11.5 Å². The zero-order chi connectivity index (χ0) is 21.8. The molecule has 158 valence electrons. The Balaban J connectivity index is 1.88. The number of carbonyl (C=O) groups is 2. The summed E-state index contributed by atoms with van der Waals surface area (Å²) in [5.74, 6) is 0.331. The smallest absolute Gasteiger partial charge is 0.293 e. The minimum Gasteiger partial charge on any atom is -0.490 e. The molecule has 2 aromatic carbocycles. The molecule has 0 bridgehead atoms. The highest BCUT2D eigenvalue weighted by molar-refractivity contribution is 9.10. The van der Waals surface area contributed by atoms with Gasteiger partial charge in [0.1, 0.15) is 12.4 Å². The monoisotopic (exact) mass is 493 g/mol. The van der Waals surface area contributed by atoms with Crippen LogP contribution in [0, 0.1) is 5.82 Å². The lowest BCUT2D eigenvalue weighted by molar-refractivity contribution is -0.123. The van der Waals surface area contributed by atoms with Crippen LogP contribution < -0.4 is 9.47 Å². The summed E-state index contributed by atoms with van der Waals surface area (Å²) in [4.78, 5) is 26.2. The summed E-state index contributed by atoms with van der Waals surface area (Å²) < 4.78 is 25.6. The maximum atomic E-state index is 13.4. The zero-order valence-electron chi connectivity index (χ0n) is 16.8. The second kappa shape index (κ2) is 9.66. The standard InChI is InChI=1S/C22H21BrFNO4S/c1-4-28-18-10-15(11-19-21(26)25(13(2)3)22(27)30-19)9-17(23)20(18)29-12-14-6-5-7-16(24)8-14/h5-11,13H,4,12H2,1-3H3/b19-11+. The Hall–Kier alpha value is -2.32. The van der Waals surface area contributed by atoms with Crippen LogP contribution in [0.2, 0.25) is 0 Å². The fourth-order valence-electron chi connectivity index (χ4n) is 2.93. The first-order chi connectivity index (χ1) is 14.3. The van der Waals surface area contributed by atoms with Gasteiger partial charge in [0.2, 0.25) is 0 Å². The molecule has 0 spiro atoms. The number of hydrogen-bond acceptors (Lipinski definition) is 5. The van der Waals surface area contributed by atoms with Gasteiger partial charge in [0, 0.05) is 6.04 Å². The van der Waals surface area contributed by atoms with Gasteiger partial charge in [-0.2, -0.15) is 0 Å². The van der Waals surface area contributed by atoms with Crippen LogP contribution in [-0.2, 0) is 11.4 Å². The molecule has 3 rings (SSSR count). The summed E-state index contributed by atoms with van der Waals surface area (Å²) in [6.45, 7) is 6.03. The third kappa shape index (κ3) is 5.05. The van der Waals surface area contributed by atoms with E-state index in [1.54, 1.807) is 44.2 Å². The van der Waals surface area contributed by atoms with Crippen molar-refractivity contribution in [3.8, 4) is 11.5 Å². The zero-order valence-corrected chi connectivity index (χ0v) is 19.2. The Morgan fingerprint density at radius 3 is 2.60 bits per heavy atom. The lowest BCUT2D eigenvalue weighted by Crippen LogP contribution is -2.34. The highest BCUT2D eigenvalue weighted by Crippen LogP contribution is 2.40. The average Bonchev–Trinajstić information content (AvgIpc) is 2.94. The van der Waals surface area contributed by atoms with E-state index in [1.165, 1.54) is 17.0 Å². The minimum absolute atomic E-state index is 0.170. The topological polar surface area (TPSA) is 55.8 Å². The van der Waals surface area contributed by atoms with E-state index in [0.29, 0.717) is 38.6 Å². The van der Waals surface area contributed by atoms with Crippen molar-refractivity contribution in [1.82, 2.24) is 4.90 Å². The summed E-state index contributed by atoms with van der Waals surface area (Å²) in [5.41, 5.74) is 1.38. The molecule has 2 amide bonds. The van der Waals surface area contributed by atoms with Crippen molar-refractivity contribution in [2.75, 3.05) is 6.61 Å². The average molecular weight is 494 g/mol. The molecule has 8 heteroatoms. The van der Waals surface area contributed by atoms with E-state index in [0.717, 1.165) is 11.8 Å². The van der Waals surface area contributed by atoms with Gasteiger partial charge in [0.05, 0.1) is 16.0 Å². The Morgan fingerprint density at radius 2 is 1.97 bits per heavy atom. The Morgan fingerprint density at radius 1 is 1.20 bits per heavy atom. The van der Waals surface area contributed by atoms with Gasteiger partial charge in [0.25, 0.3) is 11.1 Å². The second-order valence-corrected chi connectivity index (χ2v) is 8.67. The van der Waals surface area contributed by atoms with E-state index in [9.17, 15) is 14.0 Å². The Labute approximate surface area is 187 Å². The first-order valence-corrected chi connectivity index (χ1v) is 11.0. The largest absolute Gasteiger partial charge is 0.490 e. The molecule has 2 aromatic rings. The lowest BCUT2D eigenvalue weighted by atomic mass is 10.1. The third-order valence-corrected chi connectivity index (χ3v) is 5.71. The number of rotatable bonds is 7. The first kappa shape index (κ1) is 22.4. The summed E-state index contributed by atoms with van der Waals surface area (Å²) in [6, 6.07) is 9.52. The number of amides is 2. The number of benzene rings is 2. The Bertz CT molecular complexity index is 1010. The van der Waals surface area contributed by atoms with E-state index >= 15 is 0 Å². The van der Waals surface area contributed by atoms with Gasteiger partial charge < -0.3 is 9.47 Å². The summed E-state index contributed by atoms with van der Waals surface area (Å²) in [7, 11) is 0. The predicted octanol–water partition coefficient (Wildman–Crippen LogP) is 6.01. The lowest BCUT2D eigenvalue weighted by Gasteiger charge is -2.16. The van der Waals surface area contributed by atoms with E-state index in [4.69, 9.17) is 9.47 Å². The van der Waals surface area contributed by atoms with Gasteiger partial charge in [-0.1, -0.05) is 12.1 Å². The SMILES string of the molecule is CCOc1cc(/C=C2/SC(=O)N(C(C)C)C2=O)cc(Br)c1OCc1cccc(F)c1. The summed E-state index contributed by atoms with van der Waals surface area (Å²) in [6.07, 6.45) is 1.66. The molecule has 0 aliphatic carbocycles. The van der Waals surface area contributed by atoms with Gasteiger partial charge >= 0.3 is 0 Å². The molecule has 0 N–H and O–H groups in total. The van der Waals surface area contributed by atoms with Crippen molar-refractivity contribution in [2.45, 2.75) is 33.4 Å². The van der Waals surface area contributed by atoms with Crippen molar-refractivity contribution in [3.63, 3.8) is 0 Å². The minimum atomic E-state index is -0.328. The first-order valence-electron chi connectivity index (χ1n) is 9.40. The Kier molecular flexibility index (Phi) is 7.20. The molecule has 1 fully saturated rings. The number of ether oxygens (including phenoxy) is 2. The number of nitrogens with zero attached hydrogens (tertiary/aromatic N) is 1. The molecule has 1 aliphatic rings. The van der Waals surface area contributed by atoms with E-state index < -0.39 is 0 Å². The second-order valence-electron chi connectivity index (χ2n) is 6.83. The predicted molar refractivity (Wildman–Crippen MR) is 119 cm³/mol. The highest BCUT2D eigenvalue weighted by atomic mass is 79.9. The van der Waals surface area contributed by atoms with Crippen molar-refractivity contribution in [2.24, 2.45) is 0 Å². The van der Waals surface area contributed by atoms with Crippen LogP contribution in [0.4, 0.5) is 9.18 Å². The van der Waals surface area contributed by atoms with E-state index in [1.807, 2.05) is 6.92 Å². The fourth-order valence-corrected chi connectivity index (χ4v) is 4.47. The number of imide groups is 1. The molecule has 1 saturated heterocycles. The van der Waals surface area contributed by atoms with Crippen molar-refractivity contribution < 1.29 is 23.5 Å². The van der Waals surface area contributed by atoms with E-state index in [-0.39, 0.29) is 29.6 Å². The van der Waals surface area contributed by atoms with Crippen LogP contribution in [0.15, 0.2) is 45.8 Å². The van der Waals surface area contributed by atoms with Gasteiger partial charge in [-0.3, -0.25) is 14.5 Å². The van der Waals surface area contributed by atoms with Crippen LogP contribution in [0.1, 0.15) is 31.9 Å². The normalized spacial score (nSPS) is 15.4. The van der Waals surface area contributed by atoms with E-state index in [2.05, 4.69) is 15.9 Å². The molecular formula is C22H21BrFNO4S. The molecule has 1 aliphatic heterocycles. The van der Waals surface area contributed by atoms with Crippen molar-refractivity contribution >= 4 is 44.9 Å². The van der Waals surface area contributed by atoms with Crippen molar-refractivity contribution in [1.29, 1.82) is 0 Å². The number of hydrogen-bond donors (Lipinski definition) is 0. The maximum Gasteiger partial charge on any atom is 0.293 e. The molecule has 0 saturated carbocycles. The van der Waals surface area contributed by atoms with Crippen LogP contribution in [-0.4, -0.2) is 28.7 Å². The molecule has 0 atom stereocenters. The molecule has 30 heavy (non-hydrogen) atoms. The molecule has 1 heterocycles. The number of carbonyl (C=O) groups excluding carboxylic acids is 2. The number of halogens is 2. The quantitative estimate of drug-likeness (QED) is 0.442. The maximum absolute atomic E-state index is 13.4. The molecule has 0 unspecified atom stereocenters.